The molecular formula is C17H27FN2S. The van der Waals surface area contributed by atoms with Crippen molar-refractivity contribution in [1.82, 2.24) is 10.2 Å². The molecule has 0 aliphatic carbocycles. The van der Waals surface area contributed by atoms with Crippen LogP contribution in [0.1, 0.15) is 38.8 Å². The summed E-state index contributed by atoms with van der Waals surface area (Å²) >= 11 is 2.01. The van der Waals surface area contributed by atoms with Crippen molar-refractivity contribution in [3.8, 4) is 0 Å². The van der Waals surface area contributed by atoms with Gasteiger partial charge in [0.25, 0.3) is 0 Å². The maximum Gasteiger partial charge on any atom is 0.127 e. The molecule has 1 aromatic carbocycles. The Morgan fingerprint density at radius 3 is 2.81 bits per heavy atom. The summed E-state index contributed by atoms with van der Waals surface area (Å²) in [6, 6.07) is 5.50. The number of hydrogen-bond acceptors (Lipinski definition) is 3. The number of nitrogens with zero attached hydrogens (tertiary/aromatic N) is 1. The largest absolute Gasteiger partial charge is 0.308 e. The lowest BCUT2D eigenvalue weighted by atomic mass is 10.1. The van der Waals surface area contributed by atoms with Crippen LogP contribution in [0.2, 0.25) is 0 Å². The molecule has 1 fully saturated rings. The Balaban J connectivity index is 2.01. The fraction of sp³-hybridized carbons (Fsp3) is 0.647. The highest BCUT2D eigenvalue weighted by atomic mass is 32.2. The third-order valence-electron chi connectivity index (χ3n) is 3.65. The van der Waals surface area contributed by atoms with E-state index < -0.39 is 0 Å². The van der Waals surface area contributed by atoms with Crippen molar-refractivity contribution < 1.29 is 4.39 Å². The predicted octanol–water partition coefficient (Wildman–Crippen LogP) is 3.65. The molecule has 1 saturated heterocycles. The number of rotatable bonds is 4. The Bertz CT molecular complexity index is 470. The maximum atomic E-state index is 14.0. The van der Waals surface area contributed by atoms with Gasteiger partial charge in [-0.3, -0.25) is 4.90 Å². The summed E-state index contributed by atoms with van der Waals surface area (Å²) < 4.78 is 14.0. The van der Waals surface area contributed by atoms with E-state index in [9.17, 15) is 4.39 Å². The van der Waals surface area contributed by atoms with E-state index >= 15 is 0 Å². The van der Waals surface area contributed by atoms with Gasteiger partial charge in [-0.2, -0.15) is 11.8 Å². The van der Waals surface area contributed by atoms with Crippen molar-refractivity contribution in [2.75, 3.05) is 18.8 Å². The first-order valence-electron chi connectivity index (χ1n) is 7.70. The predicted molar refractivity (Wildman–Crippen MR) is 90.2 cm³/mol. The van der Waals surface area contributed by atoms with Gasteiger partial charge in [-0.15, -0.1) is 0 Å². The molecule has 0 saturated carbocycles. The fourth-order valence-corrected chi connectivity index (χ4v) is 3.58. The van der Waals surface area contributed by atoms with E-state index in [-0.39, 0.29) is 11.4 Å². The molecule has 2 nitrogen and oxygen atoms in total. The molecule has 2 rings (SSSR count). The summed E-state index contributed by atoms with van der Waals surface area (Å²) in [4.78, 5) is 2.36. The summed E-state index contributed by atoms with van der Waals surface area (Å²) in [6.45, 7) is 12.3. The molecule has 0 spiro atoms. The molecule has 21 heavy (non-hydrogen) atoms. The first-order chi connectivity index (χ1) is 9.83. The van der Waals surface area contributed by atoms with E-state index in [0.29, 0.717) is 5.25 Å². The van der Waals surface area contributed by atoms with E-state index in [1.807, 2.05) is 23.9 Å². The molecule has 0 amide bonds. The number of benzene rings is 1. The minimum atomic E-state index is -0.0830. The number of nitrogens with one attached hydrogen (secondary N) is 1. The average molecular weight is 310 g/mol. The van der Waals surface area contributed by atoms with Crippen LogP contribution in [-0.4, -0.2) is 34.5 Å². The topological polar surface area (TPSA) is 15.3 Å². The minimum Gasteiger partial charge on any atom is -0.308 e. The molecule has 1 unspecified atom stereocenters. The highest BCUT2D eigenvalue weighted by molar-refractivity contribution is 7.99. The second-order valence-electron chi connectivity index (χ2n) is 6.95. The molecule has 0 aromatic heterocycles. The van der Waals surface area contributed by atoms with Crippen LogP contribution < -0.4 is 5.32 Å². The van der Waals surface area contributed by atoms with Crippen molar-refractivity contribution >= 4 is 11.8 Å². The van der Waals surface area contributed by atoms with Gasteiger partial charge < -0.3 is 5.32 Å². The van der Waals surface area contributed by atoms with Crippen molar-refractivity contribution in [3.05, 3.63) is 35.1 Å². The third-order valence-corrected chi connectivity index (χ3v) is 4.79. The molecule has 1 aliphatic rings. The van der Waals surface area contributed by atoms with Crippen LogP contribution in [0.3, 0.4) is 0 Å². The van der Waals surface area contributed by atoms with Gasteiger partial charge in [-0.05, 0) is 32.4 Å². The summed E-state index contributed by atoms with van der Waals surface area (Å²) in [7, 11) is 0. The first kappa shape index (κ1) is 16.8. The van der Waals surface area contributed by atoms with Gasteiger partial charge in [0, 0.05) is 48.3 Å². The van der Waals surface area contributed by atoms with Crippen LogP contribution in [0.15, 0.2) is 18.2 Å². The van der Waals surface area contributed by atoms with Crippen LogP contribution in [0.4, 0.5) is 4.39 Å². The van der Waals surface area contributed by atoms with Crippen LogP contribution in [0.25, 0.3) is 0 Å². The second-order valence-corrected chi connectivity index (χ2v) is 8.49. The van der Waals surface area contributed by atoms with Crippen LogP contribution >= 0.6 is 11.8 Å². The number of halogens is 1. The lowest BCUT2D eigenvalue weighted by Crippen LogP contribution is -2.36. The molecule has 1 aromatic rings. The minimum absolute atomic E-state index is 0.0775. The standard InChI is InChI=1S/C17H27FN2S/c1-13-11-20(7-8-21-13)12-15-9-14(5-6-16(15)18)10-19-17(2,3)4/h5-6,9,13,19H,7-8,10-12H2,1-4H3. The first-order valence-corrected chi connectivity index (χ1v) is 8.75. The Hall–Kier alpha value is -0.580. The Kier molecular flexibility index (Phi) is 5.69. The summed E-state index contributed by atoms with van der Waals surface area (Å²) in [5, 5.41) is 4.10. The zero-order valence-corrected chi connectivity index (χ0v) is 14.4. The van der Waals surface area contributed by atoms with Gasteiger partial charge in [0.2, 0.25) is 0 Å². The highest BCUT2D eigenvalue weighted by Gasteiger charge is 2.18. The molecule has 1 heterocycles. The van der Waals surface area contributed by atoms with Crippen molar-refractivity contribution in [2.45, 2.75) is 51.6 Å². The Morgan fingerprint density at radius 2 is 2.14 bits per heavy atom. The number of thioether (sulfide) groups is 1. The SMILES string of the molecule is CC1CN(Cc2cc(CNC(C)(C)C)ccc2F)CCS1. The van der Waals surface area contributed by atoms with Gasteiger partial charge in [-0.25, -0.2) is 4.39 Å². The average Bonchev–Trinajstić information content (AvgIpc) is 2.39. The van der Waals surface area contributed by atoms with Crippen LogP contribution in [-0.2, 0) is 13.1 Å². The summed E-state index contributed by atoms with van der Waals surface area (Å²) in [5.41, 5.74) is 2.05. The van der Waals surface area contributed by atoms with Gasteiger partial charge in [0.1, 0.15) is 5.82 Å². The van der Waals surface area contributed by atoms with Crippen molar-refractivity contribution in [3.63, 3.8) is 0 Å². The Labute approximate surface area is 132 Å². The van der Waals surface area contributed by atoms with E-state index in [4.69, 9.17) is 0 Å². The number of hydrogen-bond donors (Lipinski definition) is 1. The maximum absolute atomic E-state index is 14.0. The quantitative estimate of drug-likeness (QED) is 0.914. The molecule has 1 N–H and O–H groups in total. The van der Waals surface area contributed by atoms with Crippen LogP contribution in [0.5, 0.6) is 0 Å². The summed E-state index contributed by atoms with van der Waals surface area (Å²) in [5.74, 6) is 1.06. The normalized spacial score (nSPS) is 20.7. The molecule has 0 radical (unpaired) electrons. The van der Waals surface area contributed by atoms with E-state index in [2.05, 4.69) is 37.9 Å². The fourth-order valence-electron chi connectivity index (χ4n) is 2.50. The van der Waals surface area contributed by atoms with Gasteiger partial charge in [0.05, 0.1) is 0 Å². The van der Waals surface area contributed by atoms with E-state index in [0.717, 1.165) is 43.1 Å². The van der Waals surface area contributed by atoms with Crippen molar-refractivity contribution in [1.29, 1.82) is 0 Å². The van der Waals surface area contributed by atoms with E-state index in [1.54, 1.807) is 6.07 Å². The monoisotopic (exact) mass is 310 g/mol. The lowest BCUT2D eigenvalue weighted by Gasteiger charge is -2.30. The highest BCUT2D eigenvalue weighted by Crippen LogP contribution is 2.21. The Morgan fingerprint density at radius 1 is 1.38 bits per heavy atom. The smallest absolute Gasteiger partial charge is 0.127 e. The lowest BCUT2D eigenvalue weighted by molar-refractivity contribution is 0.274. The molecule has 4 heteroatoms. The molecule has 0 bridgehead atoms. The van der Waals surface area contributed by atoms with Gasteiger partial charge >= 0.3 is 0 Å². The molecular weight excluding hydrogens is 283 g/mol. The van der Waals surface area contributed by atoms with Crippen molar-refractivity contribution in [2.24, 2.45) is 0 Å². The molecule has 1 aliphatic heterocycles. The second kappa shape index (κ2) is 7.12. The third kappa shape index (κ3) is 5.61. The van der Waals surface area contributed by atoms with Gasteiger partial charge in [-0.1, -0.05) is 19.1 Å². The van der Waals surface area contributed by atoms with Crippen LogP contribution in [0, 0.1) is 5.82 Å². The molecule has 1 atom stereocenters. The zero-order chi connectivity index (χ0) is 15.5. The molecule has 118 valence electrons. The van der Waals surface area contributed by atoms with Gasteiger partial charge in [0.15, 0.2) is 0 Å². The summed E-state index contributed by atoms with van der Waals surface area (Å²) in [6.07, 6.45) is 0. The zero-order valence-electron chi connectivity index (χ0n) is 13.6. The van der Waals surface area contributed by atoms with E-state index in [1.165, 1.54) is 0 Å².